The zero-order valence-electron chi connectivity index (χ0n) is 9.71. The highest BCUT2D eigenvalue weighted by molar-refractivity contribution is 5.68. The van der Waals surface area contributed by atoms with Crippen molar-refractivity contribution in [3.63, 3.8) is 0 Å². The Kier molecular flexibility index (Phi) is 8.64. The topological polar surface area (TPSA) is 29.5 Å². The van der Waals surface area contributed by atoms with E-state index in [-0.39, 0.29) is 5.97 Å². The minimum absolute atomic E-state index is 0.0900. The molecule has 84 valence electrons. The Morgan fingerprint density at radius 2 is 1.79 bits per heavy atom. The van der Waals surface area contributed by atoms with E-state index in [1.54, 1.807) is 0 Å². The molecule has 0 radical (unpaired) electrons. The van der Waals surface area contributed by atoms with Crippen molar-refractivity contribution in [2.24, 2.45) is 0 Å². The van der Waals surface area contributed by atoms with Crippen LogP contribution in [-0.2, 0) is 9.53 Å². The van der Waals surface area contributed by atoms with Gasteiger partial charge in [-0.2, -0.15) is 0 Å². The zero-order valence-corrected chi connectivity index (χ0v) is 9.71. The third kappa shape index (κ3) is 6.89. The predicted octanol–water partition coefficient (Wildman–Crippen LogP) is 2.06. The molecule has 0 fully saturated rings. The lowest BCUT2D eigenvalue weighted by molar-refractivity contribution is -0.140. The van der Waals surface area contributed by atoms with E-state index in [1.165, 1.54) is 13.5 Å². The molecule has 0 aliphatic rings. The summed E-state index contributed by atoms with van der Waals surface area (Å²) in [4.78, 5) is 13.2. The van der Waals surface area contributed by atoms with Crippen LogP contribution < -0.4 is 0 Å². The number of hydrogen-bond donors (Lipinski definition) is 0. The Hall–Kier alpha value is -0.570. The van der Waals surface area contributed by atoms with Gasteiger partial charge in [0.15, 0.2) is 0 Å². The Morgan fingerprint density at radius 1 is 1.14 bits per heavy atom. The molecule has 0 aliphatic carbocycles. The molecule has 0 aromatic carbocycles. The summed E-state index contributed by atoms with van der Waals surface area (Å²) in [5.74, 6) is -0.0900. The molecule has 0 saturated heterocycles. The van der Waals surface area contributed by atoms with Gasteiger partial charge in [-0.05, 0) is 32.5 Å². The lowest BCUT2D eigenvalue weighted by Gasteiger charge is -2.17. The van der Waals surface area contributed by atoms with Gasteiger partial charge in [-0.1, -0.05) is 20.3 Å². The van der Waals surface area contributed by atoms with Crippen LogP contribution in [0.1, 0.15) is 39.5 Å². The van der Waals surface area contributed by atoms with Gasteiger partial charge in [0.2, 0.25) is 0 Å². The summed E-state index contributed by atoms with van der Waals surface area (Å²) in [6.45, 7) is 7.74. The number of esters is 1. The first-order valence-electron chi connectivity index (χ1n) is 5.53. The minimum Gasteiger partial charge on any atom is -0.469 e. The summed E-state index contributed by atoms with van der Waals surface area (Å²) in [5, 5.41) is 0. The number of ether oxygens (including phenoxy) is 1. The van der Waals surface area contributed by atoms with E-state index >= 15 is 0 Å². The van der Waals surface area contributed by atoms with Crippen LogP contribution in [0.4, 0.5) is 0 Å². The van der Waals surface area contributed by atoms with Crippen LogP contribution in [0.2, 0.25) is 0 Å². The molecule has 0 rings (SSSR count). The number of unbranched alkanes of at least 4 members (excludes halogenated alkanes) is 2. The molecular formula is C11H23NO2. The average molecular weight is 201 g/mol. The number of nitrogens with zero attached hydrogens (tertiary/aromatic N) is 1. The monoisotopic (exact) mass is 201 g/mol. The standard InChI is InChI=1S/C11H23NO2/c1-4-12(5-2)10-8-6-7-9-11(13)14-3/h4-10H2,1-3H3. The van der Waals surface area contributed by atoms with Crippen molar-refractivity contribution in [1.29, 1.82) is 0 Å². The summed E-state index contributed by atoms with van der Waals surface area (Å²) >= 11 is 0. The highest BCUT2D eigenvalue weighted by atomic mass is 16.5. The fourth-order valence-electron chi connectivity index (χ4n) is 1.42. The van der Waals surface area contributed by atoms with Crippen molar-refractivity contribution in [3.05, 3.63) is 0 Å². The summed E-state index contributed by atoms with van der Waals surface area (Å²) < 4.78 is 4.57. The first kappa shape index (κ1) is 13.4. The second kappa shape index (κ2) is 9.00. The second-order valence-electron chi connectivity index (χ2n) is 3.41. The molecule has 0 aromatic rings. The van der Waals surface area contributed by atoms with Gasteiger partial charge in [0.1, 0.15) is 0 Å². The molecule has 0 atom stereocenters. The maximum Gasteiger partial charge on any atom is 0.305 e. The van der Waals surface area contributed by atoms with Crippen molar-refractivity contribution in [1.82, 2.24) is 4.90 Å². The van der Waals surface area contributed by atoms with Gasteiger partial charge >= 0.3 is 5.97 Å². The fourth-order valence-corrected chi connectivity index (χ4v) is 1.42. The summed E-state index contributed by atoms with van der Waals surface area (Å²) in [6, 6.07) is 0. The summed E-state index contributed by atoms with van der Waals surface area (Å²) in [6.07, 6.45) is 3.81. The van der Waals surface area contributed by atoms with Crippen LogP contribution >= 0.6 is 0 Å². The fraction of sp³-hybridized carbons (Fsp3) is 0.909. The Balaban J connectivity index is 3.24. The van der Waals surface area contributed by atoms with E-state index in [1.807, 2.05) is 0 Å². The number of hydrogen-bond acceptors (Lipinski definition) is 3. The molecule has 3 nitrogen and oxygen atoms in total. The largest absolute Gasteiger partial charge is 0.469 e. The molecular weight excluding hydrogens is 178 g/mol. The Labute approximate surface area is 87.4 Å². The van der Waals surface area contributed by atoms with Gasteiger partial charge in [0.25, 0.3) is 0 Å². The lowest BCUT2D eigenvalue weighted by Crippen LogP contribution is -2.23. The molecule has 0 amide bonds. The van der Waals surface area contributed by atoms with Gasteiger partial charge in [-0.25, -0.2) is 0 Å². The van der Waals surface area contributed by atoms with Gasteiger partial charge in [0.05, 0.1) is 7.11 Å². The van der Waals surface area contributed by atoms with E-state index in [9.17, 15) is 4.79 Å². The van der Waals surface area contributed by atoms with Gasteiger partial charge < -0.3 is 9.64 Å². The van der Waals surface area contributed by atoms with Crippen LogP contribution in [0.15, 0.2) is 0 Å². The third-order valence-corrected chi connectivity index (χ3v) is 2.48. The molecule has 0 aliphatic heterocycles. The Bertz CT molecular complexity index is 144. The maximum atomic E-state index is 10.8. The first-order valence-corrected chi connectivity index (χ1v) is 5.53. The highest BCUT2D eigenvalue weighted by Crippen LogP contribution is 2.02. The maximum absolute atomic E-state index is 10.8. The number of carbonyl (C=O) groups is 1. The van der Waals surface area contributed by atoms with Crippen LogP contribution in [0.5, 0.6) is 0 Å². The molecule has 3 heteroatoms. The van der Waals surface area contributed by atoms with Crippen LogP contribution in [-0.4, -0.2) is 37.6 Å². The van der Waals surface area contributed by atoms with E-state index in [0.29, 0.717) is 6.42 Å². The molecule has 0 bridgehead atoms. The number of carbonyl (C=O) groups excluding carboxylic acids is 1. The quantitative estimate of drug-likeness (QED) is 0.445. The van der Waals surface area contributed by atoms with E-state index in [2.05, 4.69) is 23.5 Å². The smallest absolute Gasteiger partial charge is 0.305 e. The molecule has 0 heterocycles. The van der Waals surface area contributed by atoms with Crippen LogP contribution in [0.25, 0.3) is 0 Å². The molecule has 0 saturated carbocycles. The summed E-state index contributed by atoms with van der Waals surface area (Å²) in [7, 11) is 1.44. The van der Waals surface area contributed by atoms with Gasteiger partial charge in [0, 0.05) is 6.42 Å². The van der Waals surface area contributed by atoms with Crippen LogP contribution in [0, 0.1) is 0 Å². The highest BCUT2D eigenvalue weighted by Gasteiger charge is 2.01. The van der Waals surface area contributed by atoms with Gasteiger partial charge in [-0.15, -0.1) is 0 Å². The van der Waals surface area contributed by atoms with Crippen molar-refractivity contribution in [2.45, 2.75) is 39.5 Å². The normalized spacial score (nSPS) is 10.6. The van der Waals surface area contributed by atoms with Crippen molar-refractivity contribution < 1.29 is 9.53 Å². The average Bonchev–Trinajstić information content (AvgIpc) is 2.23. The van der Waals surface area contributed by atoms with E-state index < -0.39 is 0 Å². The predicted molar refractivity (Wildman–Crippen MR) is 58.3 cm³/mol. The molecule has 0 aromatic heterocycles. The second-order valence-corrected chi connectivity index (χ2v) is 3.41. The summed E-state index contributed by atoms with van der Waals surface area (Å²) in [5.41, 5.74) is 0. The van der Waals surface area contributed by atoms with E-state index in [4.69, 9.17) is 0 Å². The molecule has 14 heavy (non-hydrogen) atoms. The lowest BCUT2D eigenvalue weighted by atomic mass is 10.2. The van der Waals surface area contributed by atoms with Crippen LogP contribution in [0.3, 0.4) is 0 Å². The number of methoxy groups -OCH3 is 1. The molecule has 0 spiro atoms. The van der Waals surface area contributed by atoms with E-state index in [0.717, 1.165) is 32.5 Å². The van der Waals surface area contributed by atoms with Crippen molar-refractivity contribution in [2.75, 3.05) is 26.7 Å². The third-order valence-electron chi connectivity index (χ3n) is 2.48. The Morgan fingerprint density at radius 3 is 2.29 bits per heavy atom. The zero-order chi connectivity index (χ0) is 10.8. The minimum atomic E-state index is -0.0900. The van der Waals surface area contributed by atoms with Crippen molar-refractivity contribution >= 4 is 5.97 Å². The van der Waals surface area contributed by atoms with Crippen molar-refractivity contribution in [3.8, 4) is 0 Å². The number of rotatable bonds is 8. The molecule has 0 N–H and O–H groups in total. The van der Waals surface area contributed by atoms with Gasteiger partial charge in [-0.3, -0.25) is 4.79 Å². The first-order chi connectivity index (χ1) is 6.74. The SMILES string of the molecule is CCN(CC)CCCCCC(=O)OC. The molecule has 0 unspecified atom stereocenters.